The third-order valence-corrected chi connectivity index (χ3v) is 4.99. The number of amides is 1. The van der Waals surface area contributed by atoms with E-state index in [4.69, 9.17) is 4.84 Å². The van der Waals surface area contributed by atoms with Crippen LogP contribution in [0.4, 0.5) is 19.0 Å². The van der Waals surface area contributed by atoms with Gasteiger partial charge >= 0.3 is 6.18 Å². The zero-order valence-electron chi connectivity index (χ0n) is 15.5. The minimum Gasteiger partial charge on any atom is -0.386 e. The summed E-state index contributed by atoms with van der Waals surface area (Å²) in [6, 6.07) is 0.967. The van der Waals surface area contributed by atoms with Crippen molar-refractivity contribution in [3.05, 3.63) is 18.1 Å². The molecule has 1 aromatic rings. The molecule has 1 saturated heterocycles. The van der Waals surface area contributed by atoms with Gasteiger partial charge in [0.15, 0.2) is 5.60 Å². The van der Waals surface area contributed by atoms with Crippen LogP contribution in [-0.4, -0.2) is 58.3 Å². The van der Waals surface area contributed by atoms with Gasteiger partial charge in [-0.15, -0.1) is 0 Å². The summed E-state index contributed by atoms with van der Waals surface area (Å²) in [4.78, 5) is 28.7. The lowest BCUT2D eigenvalue weighted by atomic mass is 9.88. The molecule has 0 saturated carbocycles. The summed E-state index contributed by atoms with van der Waals surface area (Å²) in [6.07, 6.45) is -1.91. The molecular formula is C17H22F3N5O2. The molecule has 0 unspecified atom stereocenters. The normalized spacial score (nSPS) is 22.8. The predicted molar refractivity (Wildman–Crippen MR) is 92.3 cm³/mol. The maximum Gasteiger partial charge on any atom is 0.433 e. The maximum absolute atomic E-state index is 12.9. The van der Waals surface area contributed by atoms with E-state index in [0.717, 1.165) is 12.4 Å². The Balaban J connectivity index is 1.73. The molecule has 1 amide bonds. The summed E-state index contributed by atoms with van der Waals surface area (Å²) in [5.41, 5.74) is -1.36. The number of anilines is 1. The molecule has 3 heterocycles. The zero-order valence-corrected chi connectivity index (χ0v) is 15.5. The molecule has 1 fully saturated rings. The largest absolute Gasteiger partial charge is 0.433 e. The van der Waals surface area contributed by atoms with Crippen molar-refractivity contribution in [2.24, 2.45) is 5.16 Å². The summed E-state index contributed by atoms with van der Waals surface area (Å²) in [5, 5.41) is 3.99. The van der Waals surface area contributed by atoms with Gasteiger partial charge in [0.1, 0.15) is 23.6 Å². The number of oxime groups is 1. The summed E-state index contributed by atoms with van der Waals surface area (Å²) in [5.74, 6) is -0.000493. The molecular weight excluding hydrogens is 363 g/mol. The van der Waals surface area contributed by atoms with Gasteiger partial charge in [0, 0.05) is 32.1 Å². The van der Waals surface area contributed by atoms with Crippen molar-refractivity contribution in [2.75, 3.05) is 25.0 Å². The van der Waals surface area contributed by atoms with E-state index in [0.29, 0.717) is 38.1 Å². The Hall–Kier alpha value is -2.39. The standard InChI is InChI=1S/C17H22F3N5O2/c1-11(2)24(3)15(26)12-8-16(27-23-12)5-4-6-25(9-16)14-7-13(17(18,19)20)21-10-22-14/h7,10-11H,4-6,8-9H2,1-3H3/t16-/m1/s1. The summed E-state index contributed by atoms with van der Waals surface area (Å²) >= 11 is 0. The lowest BCUT2D eigenvalue weighted by Crippen LogP contribution is -2.49. The van der Waals surface area contributed by atoms with Crippen LogP contribution >= 0.6 is 0 Å². The lowest BCUT2D eigenvalue weighted by Gasteiger charge is -2.38. The van der Waals surface area contributed by atoms with Gasteiger partial charge < -0.3 is 14.6 Å². The third-order valence-electron chi connectivity index (χ3n) is 4.99. The highest BCUT2D eigenvalue weighted by molar-refractivity contribution is 6.39. The Kier molecular flexibility index (Phi) is 5.00. The Bertz CT molecular complexity index is 752. The van der Waals surface area contributed by atoms with E-state index in [2.05, 4.69) is 15.1 Å². The fourth-order valence-electron chi connectivity index (χ4n) is 3.26. The highest BCUT2D eigenvalue weighted by Crippen LogP contribution is 2.36. The molecule has 0 aromatic carbocycles. The van der Waals surface area contributed by atoms with Gasteiger partial charge in [-0.2, -0.15) is 13.2 Å². The Labute approximate surface area is 155 Å². The van der Waals surface area contributed by atoms with Crippen molar-refractivity contribution in [2.45, 2.75) is 50.9 Å². The average molecular weight is 385 g/mol. The van der Waals surface area contributed by atoms with E-state index in [1.807, 2.05) is 13.8 Å². The molecule has 0 bridgehead atoms. The monoisotopic (exact) mass is 385 g/mol. The molecule has 148 valence electrons. The zero-order chi connectivity index (χ0) is 19.8. The molecule has 0 radical (unpaired) electrons. The summed E-state index contributed by atoms with van der Waals surface area (Å²) in [7, 11) is 1.70. The molecule has 7 nitrogen and oxygen atoms in total. The summed E-state index contributed by atoms with van der Waals surface area (Å²) < 4.78 is 38.7. The van der Waals surface area contributed by atoms with Crippen molar-refractivity contribution in [1.82, 2.24) is 14.9 Å². The second kappa shape index (κ2) is 6.97. The van der Waals surface area contributed by atoms with Gasteiger partial charge in [0.2, 0.25) is 0 Å². The molecule has 2 aliphatic rings. The van der Waals surface area contributed by atoms with Crippen LogP contribution in [0.15, 0.2) is 17.5 Å². The van der Waals surface area contributed by atoms with E-state index in [1.165, 1.54) is 0 Å². The van der Waals surface area contributed by atoms with Crippen LogP contribution in [0.25, 0.3) is 0 Å². The quantitative estimate of drug-likeness (QED) is 0.800. The molecule has 2 aliphatic heterocycles. The number of halogens is 3. The van der Waals surface area contributed by atoms with Gasteiger partial charge in [-0.05, 0) is 26.7 Å². The Morgan fingerprint density at radius 2 is 2.11 bits per heavy atom. The van der Waals surface area contributed by atoms with Crippen molar-refractivity contribution in [1.29, 1.82) is 0 Å². The SMILES string of the molecule is CC(C)N(C)C(=O)C1=NO[C@]2(CCCN(c3cc(C(F)(F)F)ncn3)C2)C1. The van der Waals surface area contributed by atoms with Gasteiger partial charge in [-0.25, -0.2) is 9.97 Å². The highest BCUT2D eigenvalue weighted by Gasteiger charge is 2.45. The van der Waals surface area contributed by atoms with Gasteiger partial charge in [-0.3, -0.25) is 4.79 Å². The van der Waals surface area contributed by atoms with E-state index < -0.39 is 17.5 Å². The Morgan fingerprint density at radius 3 is 2.78 bits per heavy atom. The van der Waals surface area contributed by atoms with Crippen LogP contribution in [-0.2, 0) is 15.8 Å². The van der Waals surface area contributed by atoms with Crippen LogP contribution in [0.1, 0.15) is 38.8 Å². The van der Waals surface area contributed by atoms with Crippen LogP contribution in [0, 0.1) is 0 Å². The number of hydrogen-bond acceptors (Lipinski definition) is 6. The second-order valence-corrected chi connectivity index (χ2v) is 7.28. The van der Waals surface area contributed by atoms with Crippen LogP contribution in [0.5, 0.6) is 0 Å². The molecule has 1 atom stereocenters. The number of hydrogen-bond donors (Lipinski definition) is 0. The van der Waals surface area contributed by atoms with Crippen LogP contribution in [0.2, 0.25) is 0 Å². The number of nitrogens with zero attached hydrogens (tertiary/aromatic N) is 5. The first kappa shape index (κ1) is 19.4. The number of alkyl halides is 3. The number of aromatic nitrogens is 2. The minimum absolute atomic E-state index is 0.0291. The molecule has 3 rings (SSSR count). The molecule has 0 N–H and O–H groups in total. The van der Waals surface area contributed by atoms with Crippen molar-refractivity contribution in [3.63, 3.8) is 0 Å². The molecule has 1 spiro atoms. The number of carbonyl (C=O) groups is 1. The molecule has 1 aromatic heterocycles. The first-order chi connectivity index (χ1) is 12.6. The van der Waals surface area contributed by atoms with E-state index in [9.17, 15) is 18.0 Å². The summed E-state index contributed by atoms with van der Waals surface area (Å²) in [6.45, 7) is 4.67. The predicted octanol–water partition coefficient (Wildman–Crippen LogP) is 2.48. The third kappa shape index (κ3) is 3.98. The second-order valence-electron chi connectivity index (χ2n) is 7.28. The smallest absolute Gasteiger partial charge is 0.386 e. The lowest BCUT2D eigenvalue weighted by molar-refractivity contribution is -0.141. The molecule has 0 aliphatic carbocycles. The average Bonchev–Trinajstić information content (AvgIpc) is 3.03. The maximum atomic E-state index is 12.9. The Morgan fingerprint density at radius 1 is 1.37 bits per heavy atom. The van der Waals surface area contributed by atoms with Gasteiger partial charge in [0.05, 0.1) is 6.54 Å². The number of carbonyl (C=O) groups excluding carboxylic acids is 1. The van der Waals surface area contributed by atoms with Gasteiger partial charge in [0.25, 0.3) is 5.91 Å². The van der Waals surface area contributed by atoms with Crippen molar-refractivity contribution < 1.29 is 22.8 Å². The van der Waals surface area contributed by atoms with Gasteiger partial charge in [-0.1, -0.05) is 5.16 Å². The molecule has 27 heavy (non-hydrogen) atoms. The van der Waals surface area contributed by atoms with Crippen molar-refractivity contribution in [3.8, 4) is 0 Å². The fraction of sp³-hybridized carbons (Fsp3) is 0.647. The fourth-order valence-corrected chi connectivity index (χ4v) is 3.26. The topological polar surface area (TPSA) is 70.9 Å². The number of piperidine rings is 1. The van der Waals surface area contributed by atoms with Crippen LogP contribution in [0.3, 0.4) is 0 Å². The van der Waals surface area contributed by atoms with E-state index >= 15 is 0 Å². The first-order valence-corrected chi connectivity index (χ1v) is 8.78. The van der Waals surface area contributed by atoms with Crippen molar-refractivity contribution >= 4 is 17.4 Å². The van der Waals surface area contributed by atoms with E-state index in [1.54, 1.807) is 16.8 Å². The first-order valence-electron chi connectivity index (χ1n) is 8.78. The van der Waals surface area contributed by atoms with Crippen LogP contribution < -0.4 is 4.90 Å². The number of rotatable bonds is 3. The molecule has 10 heteroatoms. The highest BCUT2D eigenvalue weighted by atomic mass is 19.4. The van der Waals surface area contributed by atoms with E-state index in [-0.39, 0.29) is 17.8 Å². The minimum atomic E-state index is -4.53.